The Morgan fingerprint density at radius 1 is 0.404 bits per heavy atom. The molecule has 0 saturated heterocycles. The minimum atomic E-state index is -0.757. The van der Waals surface area contributed by atoms with E-state index in [9.17, 15) is 14.4 Å². The van der Waals surface area contributed by atoms with Gasteiger partial charge in [0.15, 0.2) is 6.10 Å². The van der Waals surface area contributed by atoms with Crippen molar-refractivity contribution in [3.63, 3.8) is 0 Å². The summed E-state index contributed by atoms with van der Waals surface area (Å²) in [5, 5.41) is 0. The number of rotatable bonds is 36. The van der Waals surface area contributed by atoms with E-state index < -0.39 is 6.10 Å². The molecule has 0 heterocycles. The Hall–Kier alpha value is -1.59. The van der Waals surface area contributed by atoms with E-state index >= 15 is 0 Å². The van der Waals surface area contributed by atoms with E-state index in [1.165, 1.54) is 116 Å². The highest BCUT2D eigenvalue weighted by Crippen LogP contribution is 2.15. The van der Waals surface area contributed by atoms with Crippen LogP contribution in [0.15, 0.2) is 0 Å². The highest BCUT2D eigenvalue weighted by molar-refractivity contribution is 5.71. The maximum absolute atomic E-state index is 12.5. The molecule has 6 heteroatoms. The quantitative estimate of drug-likeness (QED) is 0.0376. The lowest BCUT2D eigenvalue weighted by Crippen LogP contribution is -2.30. The molecule has 0 aromatic heterocycles. The van der Waals surface area contributed by atoms with Crippen LogP contribution in [0.25, 0.3) is 0 Å². The van der Waals surface area contributed by atoms with E-state index in [1.54, 1.807) is 0 Å². The first kappa shape index (κ1) is 45.4. The van der Waals surface area contributed by atoms with Crippen LogP contribution in [0.1, 0.15) is 220 Å². The van der Waals surface area contributed by atoms with E-state index in [-0.39, 0.29) is 31.1 Å². The molecule has 278 valence electrons. The Morgan fingerprint density at radius 3 is 1.04 bits per heavy atom. The Kier molecular flexibility index (Phi) is 34.5. The molecule has 47 heavy (non-hydrogen) atoms. The molecule has 0 radical (unpaired) electrons. The third-order valence-corrected chi connectivity index (χ3v) is 9.04. The summed E-state index contributed by atoms with van der Waals surface area (Å²) in [7, 11) is 0. The minimum absolute atomic E-state index is 0.0658. The predicted molar refractivity (Wildman–Crippen MR) is 196 cm³/mol. The van der Waals surface area contributed by atoms with Crippen LogP contribution >= 0.6 is 0 Å². The molecular weight excluding hydrogens is 588 g/mol. The standard InChI is InChI=1S/C41H78O6/c1-5-7-9-11-13-14-15-16-17-18-20-24-28-32-39(42)45-35-38(47-41(44)34-30-26-19-12-10-8-6-2)36-46-40(43)33-29-25-22-21-23-27-31-37(3)4/h37-38H,5-36H2,1-4H3/t38-/m0/s1. The SMILES string of the molecule is CCCCCCCCCCCCCCCC(=O)OC[C@@H](COC(=O)CCCCCCCCC(C)C)OC(=O)CCCCCCCCC. The largest absolute Gasteiger partial charge is 0.462 e. The topological polar surface area (TPSA) is 78.9 Å². The second-order valence-electron chi connectivity index (χ2n) is 14.4. The van der Waals surface area contributed by atoms with Gasteiger partial charge in [-0.2, -0.15) is 0 Å². The molecule has 0 unspecified atom stereocenters. The first-order valence-electron chi connectivity index (χ1n) is 20.4. The minimum Gasteiger partial charge on any atom is -0.462 e. The van der Waals surface area contributed by atoms with E-state index in [0.29, 0.717) is 19.3 Å². The van der Waals surface area contributed by atoms with Crippen LogP contribution in [0.4, 0.5) is 0 Å². The molecule has 6 nitrogen and oxygen atoms in total. The summed E-state index contributed by atoms with van der Waals surface area (Å²) in [6.45, 7) is 8.86. The van der Waals surface area contributed by atoms with Gasteiger partial charge in [0.25, 0.3) is 0 Å². The maximum Gasteiger partial charge on any atom is 0.306 e. The third-order valence-electron chi connectivity index (χ3n) is 9.04. The number of esters is 3. The molecule has 0 spiro atoms. The molecule has 0 aromatic rings. The van der Waals surface area contributed by atoms with Gasteiger partial charge >= 0.3 is 17.9 Å². The molecule has 0 saturated carbocycles. The number of hydrogen-bond donors (Lipinski definition) is 0. The van der Waals surface area contributed by atoms with E-state index in [1.807, 2.05) is 0 Å². The molecule has 0 aromatic carbocycles. The van der Waals surface area contributed by atoms with Crippen molar-refractivity contribution in [3.05, 3.63) is 0 Å². The molecular formula is C41H78O6. The van der Waals surface area contributed by atoms with Crippen LogP contribution in [0, 0.1) is 5.92 Å². The summed E-state index contributed by atoms with van der Waals surface area (Å²) in [6.07, 6.45) is 32.5. The molecule has 0 amide bonds. The van der Waals surface area contributed by atoms with Gasteiger partial charge in [-0.1, -0.05) is 182 Å². The van der Waals surface area contributed by atoms with Gasteiger partial charge in [-0.25, -0.2) is 0 Å². The fourth-order valence-corrected chi connectivity index (χ4v) is 5.92. The van der Waals surface area contributed by atoms with Gasteiger partial charge in [-0.15, -0.1) is 0 Å². The van der Waals surface area contributed by atoms with Crippen molar-refractivity contribution in [1.82, 2.24) is 0 Å². The second-order valence-corrected chi connectivity index (χ2v) is 14.4. The van der Waals surface area contributed by atoms with Crippen molar-refractivity contribution in [2.75, 3.05) is 13.2 Å². The van der Waals surface area contributed by atoms with Gasteiger partial charge in [0.1, 0.15) is 13.2 Å². The summed E-state index contributed by atoms with van der Waals surface area (Å²) in [5.74, 6) is -0.109. The summed E-state index contributed by atoms with van der Waals surface area (Å²) in [4.78, 5) is 37.3. The molecule has 0 rings (SSSR count). The highest BCUT2D eigenvalue weighted by atomic mass is 16.6. The molecule has 0 aliphatic rings. The first-order valence-corrected chi connectivity index (χ1v) is 20.4. The summed E-state index contributed by atoms with van der Waals surface area (Å²) >= 11 is 0. The lowest BCUT2D eigenvalue weighted by atomic mass is 10.0. The highest BCUT2D eigenvalue weighted by Gasteiger charge is 2.19. The number of hydrogen-bond acceptors (Lipinski definition) is 6. The monoisotopic (exact) mass is 667 g/mol. The van der Waals surface area contributed by atoms with Gasteiger partial charge in [0.2, 0.25) is 0 Å². The lowest BCUT2D eigenvalue weighted by Gasteiger charge is -2.18. The van der Waals surface area contributed by atoms with Crippen molar-refractivity contribution in [2.45, 2.75) is 226 Å². The Labute approximate surface area is 291 Å². The van der Waals surface area contributed by atoms with E-state index in [0.717, 1.165) is 63.7 Å². The smallest absolute Gasteiger partial charge is 0.306 e. The fourth-order valence-electron chi connectivity index (χ4n) is 5.92. The zero-order chi connectivity index (χ0) is 34.6. The molecule has 0 aliphatic carbocycles. The fraction of sp³-hybridized carbons (Fsp3) is 0.927. The lowest BCUT2D eigenvalue weighted by molar-refractivity contribution is -0.167. The average molecular weight is 667 g/mol. The third kappa shape index (κ3) is 35.5. The second kappa shape index (κ2) is 35.7. The molecule has 0 aliphatic heterocycles. The van der Waals surface area contributed by atoms with Crippen LogP contribution in [-0.2, 0) is 28.6 Å². The number of carbonyl (C=O) groups excluding carboxylic acids is 3. The summed E-state index contributed by atoms with van der Waals surface area (Å²) in [6, 6.07) is 0. The van der Waals surface area contributed by atoms with Gasteiger partial charge < -0.3 is 14.2 Å². The van der Waals surface area contributed by atoms with E-state index in [2.05, 4.69) is 27.7 Å². The molecule has 0 bridgehead atoms. The molecule has 1 atom stereocenters. The van der Waals surface area contributed by atoms with Gasteiger partial charge in [-0.05, 0) is 25.2 Å². The van der Waals surface area contributed by atoms with Gasteiger partial charge in [0, 0.05) is 19.3 Å². The average Bonchev–Trinajstić information content (AvgIpc) is 3.05. The number of ether oxygens (including phenoxy) is 3. The normalized spacial score (nSPS) is 11.9. The van der Waals surface area contributed by atoms with Gasteiger partial charge in [-0.3, -0.25) is 14.4 Å². The Morgan fingerprint density at radius 2 is 0.702 bits per heavy atom. The van der Waals surface area contributed by atoms with Crippen LogP contribution in [-0.4, -0.2) is 37.2 Å². The number of unbranched alkanes of at least 4 members (excludes halogenated alkanes) is 23. The van der Waals surface area contributed by atoms with Crippen LogP contribution in [0.5, 0.6) is 0 Å². The Balaban J connectivity index is 4.27. The van der Waals surface area contributed by atoms with Gasteiger partial charge in [0.05, 0.1) is 0 Å². The Bertz CT molecular complexity index is 706. The van der Waals surface area contributed by atoms with Crippen LogP contribution in [0.3, 0.4) is 0 Å². The van der Waals surface area contributed by atoms with Crippen LogP contribution < -0.4 is 0 Å². The zero-order valence-corrected chi connectivity index (χ0v) is 31.7. The zero-order valence-electron chi connectivity index (χ0n) is 31.7. The predicted octanol–water partition coefficient (Wildman–Crippen LogP) is 12.4. The maximum atomic E-state index is 12.5. The van der Waals surface area contributed by atoms with Crippen LogP contribution in [0.2, 0.25) is 0 Å². The van der Waals surface area contributed by atoms with Crippen molar-refractivity contribution in [3.8, 4) is 0 Å². The van der Waals surface area contributed by atoms with Crippen molar-refractivity contribution in [1.29, 1.82) is 0 Å². The summed E-state index contributed by atoms with van der Waals surface area (Å²) < 4.78 is 16.6. The number of carbonyl (C=O) groups is 3. The van der Waals surface area contributed by atoms with E-state index in [4.69, 9.17) is 14.2 Å². The summed E-state index contributed by atoms with van der Waals surface area (Å²) in [5.41, 5.74) is 0. The van der Waals surface area contributed by atoms with Crippen molar-refractivity contribution >= 4 is 17.9 Å². The van der Waals surface area contributed by atoms with Crippen molar-refractivity contribution in [2.24, 2.45) is 5.92 Å². The first-order chi connectivity index (χ1) is 22.9. The molecule has 0 fully saturated rings. The van der Waals surface area contributed by atoms with Crippen molar-refractivity contribution < 1.29 is 28.6 Å². The molecule has 0 N–H and O–H groups in total.